The fraction of sp³-hybridized carbons (Fsp3) is 0.556. The van der Waals surface area contributed by atoms with Gasteiger partial charge in [-0.25, -0.2) is 4.79 Å². The van der Waals surface area contributed by atoms with Crippen LogP contribution in [0.25, 0.3) is 0 Å². The van der Waals surface area contributed by atoms with Gasteiger partial charge in [-0.15, -0.1) is 0 Å². The summed E-state index contributed by atoms with van der Waals surface area (Å²) in [4.78, 5) is 15.0. The summed E-state index contributed by atoms with van der Waals surface area (Å²) in [5, 5.41) is 8.89. The first kappa shape index (κ1) is 10.1. The number of nitrogens with two attached hydrogens (primary N) is 1. The number of ether oxygens (including phenoxy) is 1. The minimum absolute atomic E-state index is 0.0329. The van der Waals surface area contributed by atoms with Crippen molar-refractivity contribution < 1.29 is 9.84 Å². The van der Waals surface area contributed by atoms with Crippen molar-refractivity contribution >= 4 is 5.82 Å². The van der Waals surface area contributed by atoms with E-state index in [9.17, 15) is 4.79 Å². The molecule has 3 N–H and O–H groups in total. The molecule has 1 saturated heterocycles. The molecule has 0 radical (unpaired) electrons. The number of nitrogen functional groups attached to an aromatic ring is 1. The van der Waals surface area contributed by atoms with E-state index in [0.717, 1.165) is 0 Å². The van der Waals surface area contributed by atoms with Crippen LogP contribution in [-0.2, 0) is 4.74 Å². The maximum Gasteiger partial charge on any atom is 0.351 e. The van der Waals surface area contributed by atoms with Crippen molar-refractivity contribution in [3.63, 3.8) is 0 Å². The van der Waals surface area contributed by atoms with Crippen LogP contribution in [0, 0.1) is 5.92 Å². The number of hydrogen-bond donors (Lipinski definition) is 2. The molecule has 1 aliphatic heterocycles. The average Bonchev–Trinajstić information content (AvgIpc) is 2.20. The molecule has 82 valence electrons. The Morgan fingerprint density at radius 3 is 3.00 bits per heavy atom. The number of rotatable bonds is 2. The lowest BCUT2D eigenvalue weighted by Crippen LogP contribution is -2.49. The summed E-state index contributed by atoms with van der Waals surface area (Å²) in [6, 6.07) is 1.55. The van der Waals surface area contributed by atoms with Gasteiger partial charge >= 0.3 is 5.69 Å². The maximum atomic E-state index is 11.4. The molecule has 1 aromatic heterocycles. The summed E-state index contributed by atoms with van der Waals surface area (Å²) in [5.41, 5.74) is 4.94. The van der Waals surface area contributed by atoms with Gasteiger partial charge in [-0.2, -0.15) is 4.98 Å². The molecule has 15 heavy (non-hydrogen) atoms. The van der Waals surface area contributed by atoms with Gasteiger partial charge in [0, 0.05) is 12.1 Å². The smallest absolute Gasteiger partial charge is 0.351 e. The van der Waals surface area contributed by atoms with E-state index in [1.54, 1.807) is 12.3 Å². The molecular weight excluding hydrogens is 198 g/mol. The van der Waals surface area contributed by atoms with Crippen molar-refractivity contribution in [2.45, 2.75) is 19.3 Å². The van der Waals surface area contributed by atoms with Crippen LogP contribution in [0.4, 0.5) is 5.82 Å². The summed E-state index contributed by atoms with van der Waals surface area (Å²) < 4.78 is 6.72. The van der Waals surface area contributed by atoms with E-state index in [2.05, 4.69) is 4.98 Å². The summed E-state index contributed by atoms with van der Waals surface area (Å²) in [6.45, 7) is 1.88. The Kier molecular flexibility index (Phi) is 2.45. The van der Waals surface area contributed by atoms with Gasteiger partial charge in [0.15, 0.2) is 0 Å². The molecule has 6 nitrogen and oxygen atoms in total. The van der Waals surface area contributed by atoms with Crippen molar-refractivity contribution in [2.75, 3.05) is 12.3 Å². The van der Waals surface area contributed by atoms with Crippen LogP contribution in [0.1, 0.15) is 13.2 Å². The molecule has 0 aromatic carbocycles. The summed E-state index contributed by atoms with van der Waals surface area (Å²) in [6.07, 6.45) is 1.02. The zero-order chi connectivity index (χ0) is 11.0. The predicted octanol–water partition coefficient (Wildman–Crippen LogP) is -0.649. The Labute approximate surface area is 86.3 Å². The monoisotopic (exact) mass is 211 g/mol. The van der Waals surface area contributed by atoms with Crippen molar-refractivity contribution in [3.8, 4) is 0 Å². The fourth-order valence-corrected chi connectivity index (χ4v) is 1.67. The first-order valence-corrected chi connectivity index (χ1v) is 4.74. The van der Waals surface area contributed by atoms with E-state index in [1.807, 2.05) is 6.92 Å². The zero-order valence-electron chi connectivity index (χ0n) is 8.33. The third-order valence-electron chi connectivity index (χ3n) is 2.66. The number of anilines is 1. The van der Waals surface area contributed by atoms with E-state index in [0.29, 0.717) is 0 Å². The van der Waals surface area contributed by atoms with E-state index >= 15 is 0 Å². The molecule has 2 heterocycles. The lowest BCUT2D eigenvalue weighted by molar-refractivity contribution is -0.230. The summed E-state index contributed by atoms with van der Waals surface area (Å²) >= 11 is 0. The van der Waals surface area contributed by atoms with Crippen LogP contribution in [0.2, 0.25) is 0 Å². The van der Waals surface area contributed by atoms with E-state index in [1.165, 1.54) is 4.57 Å². The molecule has 6 heteroatoms. The van der Waals surface area contributed by atoms with E-state index in [4.69, 9.17) is 15.6 Å². The molecule has 0 spiro atoms. The van der Waals surface area contributed by atoms with Crippen LogP contribution >= 0.6 is 0 Å². The number of hydrogen-bond acceptors (Lipinski definition) is 5. The van der Waals surface area contributed by atoms with E-state index in [-0.39, 0.29) is 30.7 Å². The van der Waals surface area contributed by atoms with E-state index < -0.39 is 5.69 Å². The van der Waals surface area contributed by atoms with Gasteiger partial charge < -0.3 is 15.6 Å². The normalized spacial score (nSPS) is 29.9. The number of aliphatic hydroxyl groups excluding tert-OH is 1. The molecule has 2 rings (SSSR count). The van der Waals surface area contributed by atoms with Crippen LogP contribution in [0.15, 0.2) is 17.1 Å². The van der Waals surface area contributed by atoms with Crippen LogP contribution in [0.5, 0.6) is 0 Å². The van der Waals surface area contributed by atoms with Crippen LogP contribution in [-0.4, -0.2) is 27.4 Å². The fourth-order valence-electron chi connectivity index (χ4n) is 1.67. The Bertz CT molecular complexity index is 417. The second-order valence-corrected chi connectivity index (χ2v) is 3.65. The van der Waals surface area contributed by atoms with Gasteiger partial charge in [-0.05, 0) is 6.07 Å². The second kappa shape index (κ2) is 3.63. The Hall–Kier alpha value is -1.40. The quantitative estimate of drug-likeness (QED) is 0.678. The minimum atomic E-state index is -0.428. The molecule has 1 aliphatic rings. The lowest BCUT2D eigenvalue weighted by Gasteiger charge is -2.42. The molecule has 1 fully saturated rings. The van der Waals surface area contributed by atoms with Crippen molar-refractivity contribution in [2.24, 2.45) is 5.92 Å². The van der Waals surface area contributed by atoms with Gasteiger partial charge in [0.05, 0.1) is 12.7 Å². The summed E-state index contributed by atoms with van der Waals surface area (Å²) in [5.74, 6) is 0.292. The second-order valence-electron chi connectivity index (χ2n) is 3.65. The molecule has 0 aliphatic carbocycles. The van der Waals surface area contributed by atoms with Crippen LogP contribution < -0.4 is 11.4 Å². The lowest BCUT2D eigenvalue weighted by atomic mass is 9.97. The number of aliphatic hydroxyl groups is 1. The number of aromatic nitrogens is 2. The van der Waals surface area contributed by atoms with Crippen molar-refractivity contribution in [1.82, 2.24) is 9.55 Å². The Balaban J connectivity index is 2.22. The highest BCUT2D eigenvalue weighted by Gasteiger charge is 2.40. The molecular formula is C9H13N3O3. The molecule has 0 unspecified atom stereocenters. The van der Waals surface area contributed by atoms with Crippen molar-refractivity contribution in [1.29, 1.82) is 0 Å². The molecule has 1 aromatic rings. The first-order valence-electron chi connectivity index (χ1n) is 4.74. The maximum absolute atomic E-state index is 11.4. The largest absolute Gasteiger partial charge is 0.394 e. The highest BCUT2D eigenvalue weighted by Crippen LogP contribution is 2.35. The van der Waals surface area contributed by atoms with Gasteiger partial charge in [-0.3, -0.25) is 4.57 Å². The third-order valence-corrected chi connectivity index (χ3v) is 2.66. The van der Waals surface area contributed by atoms with Crippen molar-refractivity contribution in [3.05, 3.63) is 22.7 Å². The minimum Gasteiger partial charge on any atom is -0.394 e. The average molecular weight is 211 g/mol. The first-order chi connectivity index (χ1) is 7.13. The third kappa shape index (κ3) is 1.62. The highest BCUT2D eigenvalue weighted by molar-refractivity contribution is 5.23. The Morgan fingerprint density at radius 1 is 1.73 bits per heavy atom. The van der Waals surface area contributed by atoms with Gasteiger partial charge in [0.25, 0.3) is 0 Å². The highest BCUT2D eigenvalue weighted by atomic mass is 16.5. The summed E-state index contributed by atoms with van der Waals surface area (Å²) in [7, 11) is 0. The van der Waals surface area contributed by atoms with Gasteiger partial charge in [-0.1, -0.05) is 6.92 Å². The number of nitrogens with zero attached hydrogens (tertiary/aromatic N) is 2. The predicted molar refractivity (Wildman–Crippen MR) is 53.1 cm³/mol. The van der Waals surface area contributed by atoms with Crippen LogP contribution in [0.3, 0.4) is 0 Å². The topological polar surface area (TPSA) is 90.4 Å². The van der Waals surface area contributed by atoms with Gasteiger partial charge in [0.1, 0.15) is 12.0 Å². The molecule has 0 amide bonds. The SMILES string of the molecule is C[C@H]1[C@H](n2ccc(N)nc2=O)O[C@@H]1CO. The zero-order valence-corrected chi connectivity index (χ0v) is 8.33. The molecule has 3 atom stereocenters. The molecule has 0 saturated carbocycles. The Morgan fingerprint density at radius 2 is 2.47 bits per heavy atom. The molecule has 0 bridgehead atoms. The van der Waals surface area contributed by atoms with Gasteiger partial charge in [0.2, 0.25) is 0 Å². The standard InChI is InChI=1S/C9H13N3O3/c1-5-6(4-13)15-8(5)12-3-2-7(10)11-9(12)14/h2-3,5-6,8,13H,4H2,1H3,(H2,10,11,14)/t5-,6-,8-/m1/s1.